The molecule has 0 unspecified atom stereocenters. The molecule has 3 rings (SSSR count). The standard InChI is InChI=1S/C14H15N4O3/c1-2-3-8-5-18(11-4-9(20)10(6-19)21-11)14-12(8)13(15)16-7-17-14/h5,7,9-11,19-20H,1,4,6H2,(H2,15,16,17)/t9-,10+,11+/m0/s1. The van der Waals surface area contributed by atoms with E-state index < -0.39 is 18.4 Å². The molecule has 4 N–H and O–H groups in total. The van der Waals surface area contributed by atoms with Crippen molar-refractivity contribution in [1.82, 2.24) is 14.5 Å². The van der Waals surface area contributed by atoms with E-state index in [4.69, 9.17) is 10.5 Å². The van der Waals surface area contributed by atoms with Crippen LogP contribution in [0.4, 0.5) is 5.82 Å². The first kappa shape index (κ1) is 13.8. The van der Waals surface area contributed by atoms with Gasteiger partial charge in [-0.1, -0.05) is 11.8 Å². The van der Waals surface area contributed by atoms with Crippen molar-refractivity contribution in [2.45, 2.75) is 24.9 Å². The summed E-state index contributed by atoms with van der Waals surface area (Å²) in [5.41, 5.74) is 7.13. The molecular weight excluding hydrogens is 272 g/mol. The minimum atomic E-state index is -0.723. The van der Waals surface area contributed by atoms with Crippen LogP contribution in [0.25, 0.3) is 11.0 Å². The van der Waals surface area contributed by atoms with Crippen LogP contribution >= 0.6 is 0 Å². The number of aliphatic hydroxyl groups excluding tert-OH is 2. The van der Waals surface area contributed by atoms with Crippen molar-refractivity contribution >= 4 is 16.9 Å². The topological polar surface area (TPSA) is 106 Å². The quantitative estimate of drug-likeness (QED) is 0.663. The van der Waals surface area contributed by atoms with Crippen LogP contribution in [0.1, 0.15) is 18.2 Å². The highest BCUT2D eigenvalue weighted by atomic mass is 16.5. The van der Waals surface area contributed by atoms with Gasteiger partial charge in [-0.05, 0) is 0 Å². The second-order valence-corrected chi connectivity index (χ2v) is 4.82. The summed E-state index contributed by atoms with van der Waals surface area (Å²) in [5, 5.41) is 19.7. The first-order chi connectivity index (χ1) is 10.2. The lowest BCUT2D eigenvalue weighted by Crippen LogP contribution is -2.24. The Morgan fingerprint density at radius 1 is 1.52 bits per heavy atom. The molecule has 2 aromatic heterocycles. The zero-order chi connectivity index (χ0) is 15.0. The molecule has 1 radical (unpaired) electrons. The summed E-state index contributed by atoms with van der Waals surface area (Å²) in [5.74, 6) is 5.77. The van der Waals surface area contributed by atoms with Crippen molar-refractivity contribution in [1.29, 1.82) is 0 Å². The predicted molar refractivity (Wildman–Crippen MR) is 75.8 cm³/mol. The van der Waals surface area contributed by atoms with Gasteiger partial charge in [0.2, 0.25) is 0 Å². The van der Waals surface area contributed by atoms with Gasteiger partial charge >= 0.3 is 0 Å². The lowest BCUT2D eigenvalue weighted by molar-refractivity contribution is -0.0430. The summed E-state index contributed by atoms with van der Waals surface area (Å²) in [6.45, 7) is 3.27. The van der Waals surface area contributed by atoms with Gasteiger partial charge in [-0.25, -0.2) is 9.97 Å². The fraction of sp³-hybridized carbons (Fsp3) is 0.357. The van der Waals surface area contributed by atoms with Crippen LogP contribution in [0.5, 0.6) is 0 Å². The lowest BCUT2D eigenvalue weighted by atomic mass is 10.2. The van der Waals surface area contributed by atoms with Gasteiger partial charge in [0.25, 0.3) is 0 Å². The minimum Gasteiger partial charge on any atom is -0.394 e. The van der Waals surface area contributed by atoms with Crippen molar-refractivity contribution < 1.29 is 14.9 Å². The molecule has 7 heteroatoms. The average molecular weight is 287 g/mol. The first-order valence-electron chi connectivity index (χ1n) is 6.49. The highest BCUT2D eigenvalue weighted by Crippen LogP contribution is 2.33. The van der Waals surface area contributed by atoms with Gasteiger partial charge in [-0.3, -0.25) is 0 Å². The number of hydrogen-bond donors (Lipinski definition) is 3. The van der Waals surface area contributed by atoms with Gasteiger partial charge in [0.15, 0.2) is 0 Å². The Balaban J connectivity index is 2.11. The van der Waals surface area contributed by atoms with Gasteiger partial charge in [0, 0.05) is 19.5 Å². The highest BCUT2D eigenvalue weighted by Gasteiger charge is 2.35. The number of aliphatic hydroxyl groups is 2. The van der Waals surface area contributed by atoms with Gasteiger partial charge in [0.1, 0.15) is 30.1 Å². The molecule has 1 aliphatic heterocycles. The first-order valence-corrected chi connectivity index (χ1v) is 6.49. The van der Waals surface area contributed by atoms with Crippen LogP contribution in [0.15, 0.2) is 12.5 Å². The van der Waals surface area contributed by atoms with Gasteiger partial charge in [-0.15, -0.1) is 0 Å². The monoisotopic (exact) mass is 287 g/mol. The molecule has 1 saturated heterocycles. The Hall–Kier alpha value is -2.14. The molecule has 0 amide bonds. The molecule has 1 fully saturated rings. The molecule has 0 spiro atoms. The van der Waals surface area contributed by atoms with Crippen LogP contribution in [0.2, 0.25) is 0 Å². The third kappa shape index (κ3) is 2.23. The average Bonchev–Trinajstić information content (AvgIpc) is 3.01. The van der Waals surface area contributed by atoms with Gasteiger partial charge < -0.3 is 25.3 Å². The lowest BCUT2D eigenvalue weighted by Gasteiger charge is -2.14. The third-order valence-corrected chi connectivity index (χ3v) is 3.56. The van der Waals surface area contributed by atoms with E-state index in [0.29, 0.717) is 28.8 Å². The van der Waals surface area contributed by atoms with Crippen LogP contribution in [-0.4, -0.2) is 43.6 Å². The molecule has 2 aromatic rings. The summed E-state index contributed by atoms with van der Waals surface area (Å²) in [6.07, 6.45) is 1.72. The Labute approximate surface area is 121 Å². The molecule has 0 aromatic carbocycles. The largest absolute Gasteiger partial charge is 0.394 e. The summed E-state index contributed by atoms with van der Waals surface area (Å²) in [7, 11) is 0. The molecule has 0 bridgehead atoms. The van der Waals surface area contributed by atoms with E-state index in [9.17, 15) is 10.2 Å². The third-order valence-electron chi connectivity index (χ3n) is 3.56. The molecule has 7 nitrogen and oxygen atoms in total. The number of hydrogen-bond acceptors (Lipinski definition) is 6. The highest BCUT2D eigenvalue weighted by molar-refractivity contribution is 5.92. The molecule has 109 valence electrons. The zero-order valence-corrected chi connectivity index (χ0v) is 11.2. The van der Waals surface area contributed by atoms with Crippen molar-refractivity contribution in [2.24, 2.45) is 0 Å². The number of fused-ring (bicyclic) bond motifs is 1. The Kier molecular flexibility index (Phi) is 3.51. The fourth-order valence-electron chi connectivity index (χ4n) is 2.57. The second-order valence-electron chi connectivity index (χ2n) is 4.82. The minimum absolute atomic E-state index is 0.237. The fourth-order valence-corrected chi connectivity index (χ4v) is 2.57. The predicted octanol–water partition coefficient (Wildman–Crippen LogP) is -0.160. The molecule has 0 saturated carbocycles. The number of nitrogens with zero attached hydrogens (tertiary/aromatic N) is 3. The number of nitrogen functional groups attached to an aromatic ring is 1. The maximum atomic E-state index is 9.86. The van der Waals surface area contributed by atoms with E-state index in [-0.39, 0.29) is 6.61 Å². The molecule has 3 heterocycles. The van der Waals surface area contributed by atoms with E-state index in [1.165, 1.54) is 6.33 Å². The van der Waals surface area contributed by atoms with Crippen molar-refractivity contribution in [3.63, 3.8) is 0 Å². The van der Waals surface area contributed by atoms with E-state index in [1.54, 1.807) is 10.8 Å². The molecular formula is C14H15N4O3. The summed E-state index contributed by atoms with van der Waals surface area (Å²) in [4.78, 5) is 8.20. The Bertz CT molecular complexity index is 731. The maximum Gasteiger partial charge on any atom is 0.148 e. The number of aromatic nitrogens is 3. The summed E-state index contributed by atoms with van der Waals surface area (Å²) >= 11 is 0. The van der Waals surface area contributed by atoms with E-state index in [0.717, 1.165) is 0 Å². The van der Waals surface area contributed by atoms with E-state index in [2.05, 4.69) is 28.7 Å². The normalized spacial score (nSPS) is 25.0. The van der Waals surface area contributed by atoms with Gasteiger partial charge in [0.05, 0.1) is 23.7 Å². The van der Waals surface area contributed by atoms with Crippen LogP contribution in [0, 0.1) is 18.8 Å². The number of ether oxygens (including phenoxy) is 1. The van der Waals surface area contributed by atoms with Crippen LogP contribution < -0.4 is 5.73 Å². The van der Waals surface area contributed by atoms with Crippen molar-refractivity contribution in [3.05, 3.63) is 25.0 Å². The van der Waals surface area contributed by atoms with Crippen LogP contribution in [0.3, 0.4) is 0 Å². The molecule has 0 aliphatic carbocycles. The van der Waals surface area contributed by atoms with E-state index >= 15 is 0 Å². The SMILES string of the molecule is [CH2]C#Cc1cn([C@H]2C[C@H](O)[C@@H](CO)O2)c2ncnc(N)c12. The molecule has 21 heavy (non-hydrogen) atoms. The Morgan fingerprint density at radius 2 is 2.33 bits per heavy atom. The van der Waals surface area contributed by atoms with Crippen molar-refractivity contribution in [2.75, 3.05) is 12.3 Å². The Morgan fingerprint density at radius 3 is 3.00 bits per heavy atom. The second kappa shape index (κ2) is 5.33. The van der Waals surface area contributed by atoms with Gasteiger partial charge in [-0.2, -0.15) is 0 Å². The van der Waals surface area contributed by atoms with E-state index in [1.807, 2.05) is 0 Å². The maximum absolute atomic E-state index is 9.86. The number of anilines is 1. The zero-order valence-electron chi connectivity index (χ0n) is 11.2. The molecule has 3 atom stereocenters. The number of nitrogens with two attached hydrogens (primary N) is 1. The number of rotatable bonds is 2. The summed E-state index contributed by atoms with van der Waals surface area (Å²) < 4.78 is 7.40. The van der Waals surface area contributed by atoms with Crippen LogP contribution in [-0.2, 0) is 4.74 Å². The molecule has 1 aliphatic rings. The summed E-state index contributed by atoms with van der Waals surface area (Å²) in [6, 6.07) is 0. The smallest absolute Gasteiger partial charge is 0.148 e. The van der Waals surface area contributed by atoms with Crippen molar-refractivity contribution in [3.8, 4) is 11.8 Å².